The highest BCUT2D eigenvalue weighted by Gasteiger charge is 2.34. The molecule has 1 N–H and O–H groups in total. The van der Waals surface area contributed by atoms with Crippen molar-refractivity contribution in [2.24, 2.45) is 5.92 Å². The maximum atomic E-state index is 10.6. The summed E-state index contributed by atoms with van der Waals surface area (Å²) in [7, 11) is 0. The van der Waals surface area contributed by atoms with Gasteiger partial charge in [0.25, 0.3) is 0 Å². The molecule has 5 heteroatoms. The molecule has 1 unspecified atom stereocenters. The Labute approximate surface area is 101 Å². The molecule has 1 atom stereocenters. The lowest BCUT2D eigenvalue weighted by Gasteiger charge is -2.19. The number of alkyl halides is 3. The van der Waals surface area contributed by atoms with E-state index in [1.807, 2.05) is 6.92 Å². The number of carboxylic acids is 1. The second-order valence-corrected chi connectivity index (χ2v) is 13.1. The molecule has 0 amide bonds. The number of hydrogen-bond donors (Lipinski definition) is 1. The van der Waals surface area contributed by atoms with E-state index in [0.29, 0.717) is 6.42 Å². The summed E-state index contributed by atoms with van der Waals surface area (Å²) in [5.74, 6) is -0.963. The van der Waals surface area contributed by atoms with E-state index in [1.165, 1.54) is 0 Å². The Morgan fingerprint density at radius 3 is 2.00 bits per heavy atom. The molecule has 0 aliphatic rings. The van der Waals surface area contributed by atoms with Crippen LogP contribution in [0.15, 0.2) is 0 Å². The highest BCUT2D eigenvalue weighted by Crippen LogP contribution is 2.44. The zero-order valence-electron chi connectivity index (χ0n) is 5.27. The van der Waals surface area contributed by atoms with E-state index in [-0.39, 0.29) is 5.35 Å². The first-order chi connectivity index (χ1) is 4.39. The molecule has 0 rings (SSSR count). The van der Waals surface area contributed by atoms with Crippen LogP contribution in [0.5, 0.6) is 0 Å². The van der Waals surface area contributed by atoms with Crippen LogP contribution in [0.3, 0.4) is 0 Å². The number of carbonyl (C=O) groups is 1. The summed E-state index contributed by atoms with van der Waals surface area (Å²) in [6, 6.07) is 0. The summed E-state index contributed by atoms with van der Waals surface area (Å²) < 4.78 is -0.201. The van der Waals surface area contributed by atoms with E-state index < -0.39 is 5.97 Å². The summed E-state index contributed by atoms with van der Waals surface area (Å²) in [4.78, 5) is 10.6. The van der Waals surface area contributed by atoms with Crippen LogP contribution in [0.1, 0.15) is 13.3 Å². The minimum atomic E-state index is -0.708. The average molecular weight is 480 g/mol. The molecule has 0 aromatic rings. The zero-order valence-corrected chi connectivity index (χ0v) is 11.7. The minimum Gasteiger partial charge on any atom is -0.481 e. The molecular formula is C5H7I3O2. The highest BCUT2D eigenvalue weighted by molar-refractivity contribution is 14.3. The van der Waals surface area contributed by atoms with Gasteiger partial charge in [-0.25, -0.2) is 0 Å². The van der Waals surface area contributed by atoms with Crippen molar-refractivity contribution in [1.82, 2.24) is 0 Å². The van der Waals surface area contributed by atoms with Gasteiger partial charge < -0.3 is 5.11 Å². The molecule has 0 aliphatic carbocycles. The first-order valence-electron chi connectivity index (χ1n) is 2.69. The van der Waals surface area contributed by atoms with Gasteiger partial charge in [0.1, 0.15) is -0.565 Å². The molecule has 0 heterocycles. The van der Waals surface area contributed by atoms with Gasteiger partial charge in [-0.1, -0.05) is 74.7 Å². The molecule has 60 valence electrons. The molecule has 0 aromatic carbocycles. The number of halogens is 3. The molecule has 0 saturated carbocycles. The molecule has 0 radical (unpaired) electrons. The Kier molecular flexibility index (Phi) is 5.40. The summed E-state index contributed by atoms with van der Waals surface area (Å²) in [5, 5.41) is 8.69. The van der Waals surface area contributed by atoms with Crippen LogP contribution in [0.25, 0.3) is 0 Å². The fourth-order valence-corrected chi connectivity index (χ4v) is 2.67. The van der Waals surface area contributed by atoms with Crippen LogP contribution in [0, 0.1) is 5.92 Å². The van der Waals surface area contributed by atoms with Crippen molar-refractivity contribution >= 4 is 73.7 Å². The van der Waals surface area contributed by atoms with Gasteiger partial charge in [0.05, 0.1) is 5.92 Å². The summed E-state index contributed by atoms with van der Waals surface area (Å²) in [6.07, 6.45) is 0.685. The Morgan fingerprint density at radius 2 is 2.00 bits per heavy atom. The van der Waals surface area contributed by atoms with Gasteiger partial charge in [0.15, 0.2) is 0 Å². The molecule has 0 saturated heterocycles. The summed E-state index contributed by atoms with van der Waals surface area (Å²) >= 11 is 6.44. The van der Waals surface area contributed by atoms with Crippen LogP contribution >= 0.6 is 67.8 Å². The van der Waals surface area contributed by atoms with Gasteiger partial charge in [-0.15, -0.1) is 0 Å². The van der Waals surface area contributed by atoms with E-state index in [9.17, 15) is 4.79 Å². The predicted octanol–water partition coefficient (Wildman–Crippen LogP) is 3.06. The zero-order chi connectivity index (χ0) is 8.36. The third kappa shape index (κ3) is 3.88. The SMILES string of the molecule is CCC(C(=O)O)C(I)(I)I. The lowest BCUT2D eigenvalue weighted by Crippen LogP contribution is -2.25. The van der Waals surface area contributed by atoms with Gasteiger partial charge in [0.2, 0.25) is 0 Å². The van der Waals surface area contributed by atoms with Crippen molar-refractivity contribution in [1.29, 1.82) is 0 Å². The normalized spacial score (nSPS) is 14.8. The van der Waals surface area contributed by atoms with Crippen molar-refractivity contribution in [3.8, 4) is 0 Å². The van der Waals surface area contributed by atoms with E-state index in [2.05, 4.69) is 67.8 Å². The van der Waals surface area contributed by atoms with Crippen LogP contribution in [0.2, 0.25) is 0 Å². The lowest BCUT2D eigenvalue weighted by molar-refractivity contribution is -0.141. The molecule has 10 heavy (non-hydrogen) atoms. The fraction of sp³-hybridized carbons (Fsp3) is 0.800. The van der Waals surface area contributed by atoms with Crippen molar-refractivity contribution in [2.45, 2.75) is 12.8 Å². The Morgan fingerprint density at radius 1 is 1.60 bits per heavy atom. The molecule has 2 nitrogen and oxygen atoms in total. The first-order valence-corrected chi connectivity index (χ1v) is 5.92. The molecule has 0 bridgehead atoms. The Bertz CT molecular complexity index is 129. The molecular weight excluding hydrogens is 473 g/mol. The van der Waals surface area contributed by atoms with Crippen molar-refractivity contribution in [3.05, 3.63) is 0 Å². The lowest BCUT2D eigenvalue weighted by atomic mass is 10.1. The monoisotopic (exact) mass is 480 g/mol. The van der Waals surface area contributed by atoms with Crippen LogP contribution < -0.4 is 0 Å². The van der Waals surface area contributed by atoms with Gasteiger partial charge in [-0.05, 0) is 6.42 Å². The van der Waals surface area contributed by atoms with E-state index in [0.717, 1.165) is 0 Å². The average Bonchev–Trinajstić information content (AvgIpc) is 1.60. The summed E-state index contributed by atoms with van der Waals surface area (Å²) in [5.41, 5.74) is 0. The van der Waals surface area contributed by atoms with Crippen LogP contribution in [-0.2, 0) is 4.79 Å². The smallest absolute Gasteiger partial charge is 0.309 e. The maximum absolute atomic E-state index is 10.6. The quantitative estimate of drug-likeness (QED) is 0.499. The van der Waals surface area contributed by atoms with E-state index >= 15 is 0 Å². The largest absolute Gasteiger partial charge is 0.481 e. The topological polar surface area (TPSA) is 37.3 Å². The fourth-order valence-electron chi connectivity index (χ4n) is 0.546. The highest BCUT2D eigenvalue weighted by atomic mass is 127. The third-order valence-corrected chi connectivity index (χ3v) is 3.36. The molecule has 0 aromatic heterocycles. The first kappa shape index (κ1) is 11.7. The Hall–Kier alpha value is 1.66. The Balaban J connectivity index is 4.22. The molecule has 0 spiro atoms. The van der Waals surface area contributed by atoms with Crippen molar-refractivity contribution in [3.63, 3.8) is 0 Å². The van der Waals surface area contributed by atoms with E-state index in [1.54, 1.807) is 0 Å². The second kappa shape index (κ2) is 4.63. The van der Waals surface area contributed by atoms with Gasteiger partial charge in [0, 0.05) is 0 Å². The molecule has 0 aliphatic heterocycles. The van der Waals surface area contributed by atoms with Gasteiger partial charge >= 0.3 is 5.97 Å². The van der Waals surface area contributed by atoms with E-state index in [4.69, 9.17) is 5.11 Å². The van der Waals surface area contributed by atoms with Crippen molar-refractivity contribution in [2.75, 3.05) is 0 Å². The number of aliphatic carboxylic acids is 1. The maximum Gasteiger partial charge on any atom is 0.309 e. The number of carboxylic acid groups (broad SMARTS) is 1. The van der Waals surface area contributed by atoms with Gasteiger partial charge in [-0.2, -0.15) is 0 Å². The number of hydrogen-bond acceptors (Lipinski definition) is 1. The van der Waals surface area contributed by atoms with Crippen molar-refractivity contribution < 1.29 is 9.90 Å². The van der Waals surface area contributed by atoms with Crippen LogP contribution in [-0.4, -0.2) is 10.5 Å². The third-order valence-electron chi connectivity index (χ3n) is 1.10. The molecule has 0 fully saturated rings. The standard InChI is InChI=1S/C5H7I3O2/c1-2-3(4(9)10)5(6,7)8/h3H,2H2,1H3,(H,9,10). The summed E-state index contributed by atoms with van der Waals surface area (Å²) in [6.45, 7) is 1.89. The van der Waals surface area contributed by atoms with Gasteiger partial charge in [-0.3, -0.25) is 4.79 Å². The predicted molar refractivity (Wildman–Crippen MR) is 66.2 cm³/mol. The second-order valence-electron chi connectivity index (χ2n) is 1.84. The van der Waals surface area contributed by atoms with Crippen LogP contribution in [0.4, 0.5) is 0 Å². The number of rotatable bonds is 3. The minimum absolute atomic E-state index is 0.201.